The van der Waals surface area contributed by atoms with E-state index in [1.54, 1.807) is 11.8 Å². The molecule has 26 heavy (non-hydrogen) atoms. The summed E-state index contributed by atoms with van der Waals surface area (Å²) >= 11 is 7.63. The minimum Gasteiger partial charge on any atom is -0.349 e. The molecule has 1 N–H and O–H groups in total. The van der Waals surface area contributed by atoms with Crippen LogP contribution in [0.4, 0.5) is 0 Å². The van der Waals surface area contributed by atoms with E-state index in [2.05, 4.69) is 30.4 Å². The highest BCUT2D eigenvalue weighted by atomic mass is 35.5. The average Bonchev–Trinajstić information content (AvgIpc) is 2.66. The Bertz CT molecular complexity index is 762. The van der Waals surface area contributed by atoms with Crippen LogP contribution in [0.2, 0.25) is 5.02 Å². The molecule has 0 heterocycles. The van der Waals surface area contributed by atoms with Gasteiger partial charge in [-0.2, -0.15) is 0 Å². The minimum atomic E-state index is 0.0986. The largest absolute Gasteiger partial charge is 0.349 e. The smallest absolute Gasteiger partial charge is 0.230 e. The molecule has 3 rings (SSSR count). The molecule has 1 amide bonds. The van der Waals surface area contributed by atoms with E-state index < -0.39 is 0 Å². The predicted octanol–water partition coefficient (Wildman–Crippen LogP) is 5.72. The third kappa shape index (κ3) is 5.28. The number of nitrogens with one attached hydrogen (secondary N) is 1. The number of fused-ring (bicyclic) bond motifs is 1. The second-order valence-corrected chi connectivity index (χ2v) is 8.31. The first-order valence-electron chi connectivity index (χ1n) is 9.39. The van der Waals surface area contributed by atoms with Crippen molar-refractivity contribution in [1.82, 2.24) is 5.32 Å². The van der Waals surface area contributed by atoms with Gasteiger partial charge < -0.3 is 5.32 Å². The Hall–Kier alpha value is -1.45. The van der Waals surface area contributed by atoms with Gasteiger partial charge in [0.15, 0.2) is 0 Å². The lowest BCUT2D eigenvalue weighted by molar-refractivity contribution is -0.119. The second-order valence-electron chi connectivity index (χ2n) is 6.89. The van der Waals surface area contributed by atoms with Crippen LogP contribution in [0.25, 0.3) is 0 Å². The molecule has 1 aliphatic rings. The van der Waals surface area contributed by atoms with E-state index in [9.17, 15) is 4.79 Å². The Balaban J connectivity index is 1.53. The third-order valence-electron chi connectivity index (χ3n) is 4.91. The van der Waals surface area contributed by atoms with Crippen molar-refractivity contribution in [3.63, 3.8) is 0 Å². The maximum atomic E-state index is 12.4. The predicted molar refractivity (Wildman–Crippen MR) is 112 cm³/mol. The molecule has 0 radical (unpaired) electrons. The van der Waals surface area contributed by atoms with Gasteiger partial charge in [0, 0.05) is 10.8 Å². The molecule has 2 nitrogen and oxygen atoms in total. The lowest BCUT2D eigenvalue weighted by Crippen LogP contribution is -2.29. The van der Waals surface area contributed by atoms with Crippen LogP contribution in [0.5, 0.6) is 0 Å². The maximum absolute atomic E-state index is 12.4. The number of halogens is 1. The van der Waals surface area contributed by atoms with E-state index in [0.29, 0.717) is 5.75 Å². The lowest BCUT2D eigenvalue weighted by Gasteiger charge is -2.21. The molecule has 138 valence electrons. The van der Waals surface area contributed by atoms with Crippen molar-refractivity contribution in [2.45, 2.75) is 50.8 Å². The van der Waals surface area contributed by atoms with E-state index in [0.717, 1.165) is 22.8 Å². The molecule has 1 aliphatic carbocycles. The van der Waals surface area contributed by atoms with Gasteiger partial charge in [0.25, 0.3) is 0 Å². The summed E-state index contributed by atoms with van der Waals surface area (Å²) in [5.74, 6) is 1.36. The van der Waals surface area contributed by atoms with Gasteiger partial charge in [-0.05, 0) is 66.5 Å². The minimum absolute atomic E-state index is 0.0986. The number of carbonyl (C=O) groups excluding carboxylic acids is 1. The number of aryl methyl sites for hydroxylation is 2. The number of carbonyl (C=O) groups is 1. The number of hydrogen-bond acceptors (Lipinski definition) is 2. The molecule has 0 spiro atoms. The van der Waals surface area contributed by atoms with Crippen molar-refractivity contribution in [2.75, 3.05) is 5.75 Å². The molecular formula is C22H26ClNOS. The van der Waals surface area contributed by atoms with Gasteiger partial charge in [-0.25, -0.2) is 0 Å². The summed E-state index contributed by atoms with van der Waals surface area (Å²) in [6, 6.07) is 14.7. The number of benzene rings is 2. The zero-order valence-electron chi connectivity index (χ0n) is 15.3. The monoisotopic (exact) mass is 387 g/mol. The Kier molecular flexibility index (Phi) is 7.04. The van der Waals surface area contributed by atoms with Crippen LogP contribution >= 0.6 is 23.4 Å². The summed E-state index contributed by atoms with van der Waals surface area (Å²) in [4.78, 5) is 12.4. The van der Waals surface area contributed by atoms with E-state index in [1.165, 1.54) is 42.4 Å². The highest BCUT2D eigenvalue weighted by Gasteiger charge is 2.16. The first-order valence-corrected chi connectivity index (χ1v) is 10.9. The van der Waals surface area contributed by atoms with Crippen molar-refractivity contribution < 1.29 is 4.79 Å². The summed E-state index contributed by atoms with van der Waals surface area (Å²) in [5, 5.41) is 3.94. The number of hydrogen-bond donors (Lipinski definition) is 1. The van der Waals surface area contributed by atoms with Gasteiger partial charge in [0.2, 0.25) is 5.91 Å². The summed E-state index contributed by atoms with van der Waals surface area (Å²) < 4.78 is 0. The topological polar surface area (TPSA) is 29.1 Å². The fraction of sp³-hybridized carbons (Fsp3) is 0.409. The van der Waals surface area contributed by atoms with Crippen molar-refractivity contribution >= 4 is 29.3 Å². The highest BCUT2D eigenvalue weighted by Crippen LogP contribution is 2.26. The van der Waals surface area contributed by atoms with E-state index in [4.69, 9.17) is 11.6 Å². The molecule has 4 heteroatoms. The Morgan fingerprint density at radius 2 is 1.96 bits per heavy atom. The third-order valence-corrected chi connectivity index (χ3v) is 6.15. The molecule has 0 fully saturated rings. The molecule has 1 atom stereocenters. The van der Waals surface area contributed by atoms with Crippen LogP contribution in [-0.4, -0.2) is 11.7 Å². The van der Waals surface area contributed by atoms with E-state index >= 15 is 0 Å². The molecule has 0 bridgehead atoms. The highest BCUT2D eigenvalue weighted by molar-refractivity contribution is 7.99. The maximum Gasteiger partial charge on any atom is 0.230 e. The summed E-state index contributed by atoms with van der Waals surface area (Å²) in [6.45, 7) is 2.13. The Morgan fingerprint density at radius 1 is 1.15 bits per heavy atom. The van der Waals surface area contributed by atoms with E-state index in [1.807, 2.05) is 24.3 Å². The van der Waals surface area contributed by atoms with Gasteiger partial charge in [0.05, 0.1) is 11.8 Å². The lowest BCUT2D eigenvalue weighted by atomic mass is 9.89. The van der Waals surface area contributed by atoms with Gasteiger partial charge in [0.1, 0.15) is 0 Å². The number of thioether (sulfide) groups is 1. The zero-order valence-corrected chi connectivity index (χ0v) is 16.8. The Labute approximate surface area is 165 Å². The normalized spacial score (nSPS) is 14.5. The zero-order chi connectivity index (χ0) is 18.4. The van der Waals surface area contributed by atoms with Crippen molar-refractivity contribution in [3.05, 3.63) is 69.7 Å². The van der Waals surface area contributed by atoms with Crippen molar-refractivity contribution in [3.8, 4) is 0 Å². The van der Waals surface area contributed by atoms with Crippen LogP contribution in [0.1, 0.15) is 54.5 Å². The fourth-order valence-corrected chi connectivity index (χ4v) is 4.51. The molecule has 2 aromatic carbocycles. The van der Waals surface area contributed by atoms with Crippen molar-refractivity contribution in [2.24, 2.45) is 0 Å². The van der Waals surface area contributed by atoms with Crippen LogP contribution in [0.3, 0.4) is 0 Å². The van der Waals surface area contributed by atoms with Crippen LogP contribution in [-0.2, 0) is 23.4 Å². The van der Waals surface area contributed by atoms with Crippen LogP contribution in [0.15, 0.2) is 42.5 Å². The summed E-state index contributed by atoms with van der Waals surface area (Å²) in [6.07, 6.45) is 5.84. The fourth-order valence-electron chi connectivity index (χ4n) is 3.52. The molecule has 0 aliphatic heterocycles. The van der Waals surface area contributed by atoms with Crippen LogP contribution < -0.4 is 5.32 Å². The van der Waals surface area contributed by atoms with Gasteiger partial charge in [-0.15, -0.1) is 11.8 Å². The first kappa shape index (κ1) is 19.3. The van der Waals surface area contributed by atoms with Crippen molar-refractivity contribution in [1.29, 1.82) is 0 Å². The number of amides is 1. The molecule has 0 aromatic heterocycles. The molecule has 2 aromatic rings. The van der Waals surface area contributed by atoms with Crippen LogP contribution in [0, 0.1) is 0 Å². The Morgan fingerprint density at radius 3 is 2.73 bits per heavy atom. The standard InChI is InChI=1S/C22H26ClNOS/c1-2-21(19-11-10-17-7-3-4-8-18(17)13-19)24-22(25)15-26-14-16-6-5-9-20(23)12-16/h5-6,9-13,21H,2-4,7-8,14-15H2,1H3,(H,24,25)/t21-/m0/s1. The molecule has 0 unspecified atom stereocenters. The molecular weight excluding hydrogens is 362 g/mol. The quantitative estimate of drug-likeness (QED) is 0.658. The summed E-state index contributed by atoms with van der Waals surface area (Å²) in [7, 11) is 0. The molecule has 0 saturated heterocycles. The van der Waals surface area contributed by atoms with Gasteiger partial charge in [-0.1, -0.05) is 48.9 Å². The summed E-state index contributed by atoms with van der Waals surface area (Å²) in [5.41, 5.74) is 5.34. The average molecular weight is 388 g/mol. The van der Waals surface area contributed by atoms with E-state index in [-0.39, 0.29) is 11.9 Å². The van der Waals surface area contributed by atoms with Gasteiger partial charge in [-0.3, -0.25) is 4.79 Å². The first-order chi connectivity index (χ1) is 12.7. The van der Waals surface area contributed by atoms with Gasteiger partial charge >= 0.3 is 0 Å². The number of rotatable bonds is 7. The SMILES string of the molecule is CC[C@H](NC(=O)CSCc1cccc(Cl)c1)c1ccc2c(c1)CCCC2. The second kappa shape index (κ2) is 9.48. The molecule has 0 saturated carbocycles.